The zero-order valence-corrected chi connectivity index (χ0v) is 19.0. The molecule has 30 heavy (non-hydrogen) atoms. The topological polar surface area (TPSA) is 54.3 Å². The summed E-state index contributed by atoms with van der Waals surface area (Å²) in [4.78, 5) is 20.9. The van der Waals surface area contributed by atoms with Gasteiger partial charge in [0.25, 0.3) is 5.91 Å². The summed E-state index contributed by atoms with van der Waals surface area (Å²) in [5.74, 6) is 1.46. The number of aromatic nitrogens is 3. The summed E-state index contributed by atoms with van der Waals surface area (Å²) in [6.45, 7) is 7.24. The van der Waals surface area contributed by atoms with E-state index in [0.717, 1.165) is 22.9 Å². The normalized spacial score (nSPS) is 11.7. The Balaban J connectivity index is 2.10. The molecule has 0 bridgehead atoms. The van der Waals surface area contributed by atoms with Crippen LogP contribution in [0.5, 0.6) is 0 Å². The smallest absolute Gasteiger partial charge is 0.253 e. The summed E-state index contributed by atoms with van der Waals surface area (Å²) >= 11 is 0. The largest absolute Gasteiger partial charge is 0.345 e. The molecule has 1 aromatic heterocycles. The van der Waals surface area contributed by atoms with Crippen molar-refractivity contribution in [2.75, 3.05) is 28.2 Å². The molecule has 0 unspecified atom stereocenters. The monoisotopic (exact) mass is 405 g/mol. The molecule has 3 aromatic rings. The molecule has 0 aliphatic heterocycles. The first kappa shape index (κ1) is 21.7. The summed E-state index contributed by atoms with van der Waals surface area (Å²) in [6, 6.07) is 16.0. The number of amides is 1. The van der Waals surface area contributed by atoms with Crippen LogP contribution in [0.25, 0.3) is 17.1 Å². The lowest BCUT2D eigenvalue weighted by Crippen LogP contribution is -2.21. The van der Waals surface area contributed by atoms with Gasteiger partial charge in [-0.15, -0.1) is 5.10 Å². The van der Waals surface area contributed by atoms with Gasteiger partial charge in [-0.05, 0) is 43.3 Å². The first-order valence-electron chi connectivity index (χ1n) is 10.1. The molecule has 0 N–H and O–H groups in total. The highest BCUT2D eigenvalue weighted by molar-refractivity contribution is 5.94. The first-order valence-corrected chi connectivity index (χ1v) is 10.1. The van der Waals surface area contributed by atoms with Crippen LogP contribution in [0.4, 0.5) is 0 Å². The minimum atomic E-state index is -0.0402. The number of carbonyl (C=O) groups excluding carboxylic acids is 1. The minimum Gasteiger partial charge on any atom is -0.345 e. The SMILES string of the molecule is CN(C)Cc1nc(-c2ccc(C(C)(C)C)cc2)n(-c2cccc(C(=O)N(C)C)c2)n1. The van der Waals surface area contributed by atoms with Crippen molar-refractivity contribution in [2.45, 2.75) is 32.7 Å². The highest BCUT2D eigenvalue weighted by Gasteiger charge is 2.18. The average Bonchev–Trinajstić information content (AvgIpc) is 3.10. The Hall–Kier alpha value is -2.99. The van der Waals surface area contributed by atoms with Crippen LogP contribution < -0.4 is 0 Å². The fourth-order valence-electron chi connectivity index (χ4n) is 3.22. The zero-order chi connectivity index (χ0) is 22.1. The lowest BCUT2D eigenvalue weighted by molar-refractivity contribution is 0.0827. The van der Waals surface area contributed by atoms with Crippen molar-refractivity contribution in [3.05, 3.63) is 65.5 Å². The molecule has 158 valence electrons. The van der Waals surface area contributed by atoms with Gasteiger partial charge >= 0.3 is 0 Å². The van der Waals surface area contributed by atoms with Crippen LogP contribution in [0, 0.1) is 0 Å². The van der Waals surface area contributed by atoms with Crippen LogP contribution in [0.15, 0.2) is 48.5 Å². The highest BCUT2D eigenvalue weighted by Crippen LogP contribution is 2.27. The summed E-state index contributed by atoms with van der Waals surface area (Å²) in [7, 11) is 7.49. The lowest BCUT2D eigenvalue weighted by Gasteiger charge is -2.19. The zero-order valence-electron chi connectivity index (χ0n) is 19.0. The van der Waals surface area contributed by atoms with E-state index in [0.29, 0.717) is 12.1 Å². The number of carbonyl (C=O) groups is 1. The van der Waals surface area contributed by atoms with Gasteiger partial charge in [-0.2, -0.15) is 0 Å². The Labute approximate surface area is 179 Å². The molecule has 6 nitrogen and oxygen atoms in total. The van der Waals surface area contributed by atoms with Crippen molar-refractivity contribution >= 4 is 5.91 Å². The van der Waals surface area contributed by atoms with Gasteiger partial charge < -0.3 is 9.80 Å². The van der Waals surface area contributed by atoms with E-state index in [9.17, 15) is 4.79 Å². The number of rotatable bonds is 5. The summed E-state index contributed by atoms with van der Waals surface area (Å²) in [5, 5.41) is 4.75. The lowest BCUT2D eigenvalue weighted by atomic mass is 9.87. The standard InChI is InChI=1S/C24H31N5O/c1-24(2,3)19-13-11-17(12-14-19)22-25-21(16-27(4)5)26-29(22)20-10-8-9-18(15-20)23(30)28(6)7/h8-15H,16H2,1-7H3. The van der Waals surface area contributed by atoms with E-state index in [2.05, 4.69) is 45.0 Å². The van der Waals surface area contributed by atoms with Crippen LogP contribution in [0.1, 0.15) is 42.5 Å². The predicted octanol–water partition coefficient (Wildman–Crippen LogP) is 4.00. The van der Waals surface area contributed by atoms with Gasteiger partial charge in [-0.1, -0.05) is 51.1 Å². The molecule has 0 aliphatic rings. The van der Waals surface area contributed by atoms with Crippen molar-refractivity contribution in [2.24, 2.45) is 0 Å². The molecule has 0 aliphatic carbocycles. The van der Waals surface area contributed by atoms with Crippen molar-refractivity contribution < 1.29 is 4.79 Å². The van der Waals surface area contributed by atoms with Gasteiger partial charge in [-0.3, -0.25) is 4.79 Å². The molecule has 1 heterocycles. The van der Waals surface area contributed by atoms with E-state index in [-0.39, 0.29) is 11.3 Å². The van der Waals surface area contributed by atoms with Crippen molar-refractivity contribution in [1.82, 2.24) is 24.6 Å². The van der Waals surface area contributed by atoms with Gasteiger partial charge in [-0.25, -0.2) is 9.67 Å². The molecular formula is C24H31N5O. The molecule has 0 saturated heterocycles. The van der Waals surface area contributed by atoms with E-state index in [1.54, 1.807) is 19.0 Å². The Morgan fingerprint density at radius 1 is 1.00 bits per heavy atom. The molecule has 0 spiro atoms. The molecule has 0 atom stereocenters. The predicted molar refractivity (Wildman–Crippen MR) is 121 cm³/mol. The molecule has 2 aromatic carbocycles. The first-order chi connectivity index (χ1) is 14.1. The third kappa shape index (κ3) is 4.76. The van der Waals surface area contributed by atoms with Crippen LogP contribution in [0.2, 0.25) is 0 Å². The Kier molecular flexibility index (Phi) is 6.08. The van der Waals surface area contributed by atoms with Gasteiger partial charge in [0.15, 0.2) is 11.6 Å². The number of nitrogens with zero attached hydrogens (tertiary/aromatic N) is 5. The second-order valence-corrected chi connectivity index (χ2v) is 9.08. The van der Waals surface area contributed by atoms with E-state index in [1.807, 2.05) is 47.9 Å². The van der Waals surface area contributed by atoms with Crippen molar-refractivity contribution in [3.63, 3.8) is 0 Å². The molecule has 0 radical (unpaired) electrons. The maximum atomic E-state index is 12.4. The van der Waals surface area contributed by atoms with E-state index in [4.69, 9.17) is 10.1 Å². The molecule has 1 amide bonds. The van der Waals surface area contributed by atoms with Crippen LogP contribution in [-0.4, -0.2) is 58.7 Å². The quantitative estimate of drug-likeness (QED) is 0.644. The fourth-order valence-corrected chi connectivity index (χ4v) is 3.22. The van der Waals surface area contributed by atoms with Crippen molar-refractivity contribution in [1.29, 1.82) is 0 Å². The van der Waals surface area contributed by atoms with Gasteiger partial charge in [0.2, 0.25) is 0 Å². The molecule has 0 fully saturated rings. The summed E-state index contributed by atoms with van der Waals surface area (Å²) in [5.41, 5.74) is 3.78. The summed E-state index contributed by atoms with van der Waals surface area (Å²) < 4.78 is 1.83. The van der Waals surface area contributed by atoms with Gasteiger partial charge in [0.05, 0.1) is 12.2 Å². The van der Waals surface area contributed by atoms with E-state index < -0.39 is 0 Å². The van der Waals surface area contributed by atoms with E-state index >= 15 is 0 Å². The molecule has 3 rings (SSSR count). The second-order valence-electron chi connectivity index (χ2n) is 9.08. The Morgan fingerprint density at radius 2 is 1.67 bits per heavy atom. The molecular weight excluding hydrogens is 374 g/mol. The minimum absolute atomic E-state index is 0.0402. The Bertz CT molecular complexity index is 1030. The van der Waals surface area contributed by atoms with Crippen LogP contribution in [0.3, 0.4) is 0 Å². The van der Waals surface area contributed by atoms with Gasteiger partial charge in [0, 0.05) is 25.2 Å². The third-order valence-corrected chi connectivity index (χ3v) is 4.86. The maximum Gasteiger partial charge on any atom is 0.253 e. The molecule has 6 heteroatoms. The average molecular weight is 406 g/mol. The van der Waals surface area contributed by atoms with E-state index in [1.165, 1.54) is 5.56 Å². The third-order valence-electron chi connectivity index (χ3n) is 4.86. The maximum absolute atomic E-state index is 12.4. The van der Waals surface area contributed by atoms with Crippen LogP contribution in [-0.2, 0) is 12.0 Å². The van der Waals surface area contributed by atoms with Crippen molar-refractivity contribution in [3.8, 4) is 17.1 Å². The highest BCUT2D eigenvalue weighted by atomic mass is 16.2. The number of hydrogen-bond donors (Lipinski definition) is 0. The summed E-state index contributed by atoms with van der Waals surface area (Å²) in [6.07, 6.45) is 0. The second kappa shape index (κ2) is 8.40. The number of hydrogen-bond acceptors (Lipinski definition) is 4. The van der Waals surface area contributed by atoms with Gasteiger partial charge in [0.1, 0.15) is 0 Å². The Morgan fingerprint density at radius 3 is 2.23 bits per heavy atom. The fraction of sp³-hybridized carbons (Fsp3) is 0.375. The number of benzene rings is 2. The van der Waals surface area contributed by atoms with Crippen LogP contribution >= 0.6 is 0 Å². The molecule has 0 saturated carbocycles.